The molecule has 0 fully saturated rings. The van der Waals surface area contributed by atoms with Crippen molar-refractivity contribution in [1.29, 1.82) is 0 Å². The summed E-state index contributed by atoms with van der Waals surface area (Å²) in [6.45, 7) is 5.26. The number of hydrogen-bond acceptors (Lipinski definition) is 4. The van der Waals surface area contributed by atoms with E-state index < -0.39 is 17.2 Å². The zero-order valence-corrected chi connectivity index (χ0v) is 18.7. The van der Waals surface area contributed by atoms with Crippen LogP contribution in [0.15, 0.2) is 75.5 Å². The molecule has 2 aliphatic rings. The Hall–Kier alpha value is -3.87. The Labute approximate surface area is 191 Å². The number of aromatic nitrogens is 2. The normalized spacial score (nSPS) is 17.1. The topological polar surface area (TPSA) is 87.2 Å². The molecule has 0 radical (unpaired) electrons. The first kappa shape index (κ1) is 21.0. The number of fused-ring (bicyclic) bond motifs is 1. The predicted octanol–water partition coefficient (Wildman–Crippen LogP) is 2.76. The van der Waals surface area contributed by atoms with Gasteiger partial charge in [-0.15, -0.1) is 0 Å². The number of H-pyrrole nitrogens is 1. The molecule has 7 heteroatoms. The Kier molecular flexibility index (Phi) is 5.24. The van der Waals surface area contributed by atoms with Gasteiger partial charge in [0.25, 0.3) is 11.5 Å². The van der Waals surface area contributed by atoms with Crippen molar-refractivity contribution in [2.24, 2.45) is 0 Å². The lowest BCUT2D eigenvalue weighted by molar-refractivity contribution is -0.125. The molecule has 3 heterocycles. The average Bonchev–Trinajstić information content (AvgIpc) is 3.13. The van der Waals surface area contributed by atoms with Gasteiger partial charge >= 0.3 is 5.69 Å². The van der Waals surface area contributed by atoms with Gasteiger partial charge in [0.15, 0.2) is 0 Å². The standard InChI is InChI=1S/C26H26N4O3/c1-3-30-23-22(24(31)28-26(30)33)20(18-11-9-16(2)10-12-18)21-19(27-23)15-29(25(21)32)14-13-17-7-5-4-6-8-17/h4-12,20,27H,3,13-15H2,1-2H3,(H,28,31,33). The van der Waals surface area contributed by atoms with Gasteiger partial charge in [-0.05, 0) is 31.4 Å². The fourth-order valence-corrected chi connectivity index (χ4v) is 4.81. The minimum atomic E-state index is -0.534. The monoisotopic (exact) mass is 442 g/mol. The molecule has 1 atom stereocenters. The highest BCUT2D eigenvalue weighted by atomic mass is 16.2. The number of nitrogens with one attached hydrogen (secondary N) is 2. The van der Waals surface area contributed by atoms with Crippen LogP contribution in [0.4, 0.5) is 5.82 Å². The van der Waals surface area contributed by atoms with E-state index in [9.17, 15) is 14.4 Å². The number of anilines is 1. The van der Waals surface area contributed by atoms with Crippen LogP contribution in [0.25, 0.3) is 0 Å². The van der Waals surface area contributed by atoms with Gasteiger partial charge in [-0.1, -0.05) is 60.2 Å². The van der Waals surface area contributed by atoms with Crippen molar-refractivity contribution in [3.8, 4) is 0 Å². The largest absolute Gasteiger partial charge is 0.343 e. The van der Waals surface area contributed by atoms with Crippen LogP contribution in [0.1, 0.15) is 35.1 Å². The number of aryl methyl sites for hydroxylation is 1. The molecule has 33 heavy (non-hydrogen) atoms. The Balaban J connectivity index is 1.58. The number of benzene rings is 2. The van der Waals surface area contributed by atoms with E-state index in [-0.39, 0.29) is 5.91 Å². The smallest absolute Gasteiger partial charge is 0.329 e. The molecule has 1 aromatic heterocycles. The van der Waals surface area contributed by atoms with Crippen molar-refractivity contribution < 1.29 is 4.79 Å². The van der Waals surface area contributed by atoms with Crippen LogP contribution in [0, 0.1) is 6.92 Å². The summed E-state index contributed by atoms with van der Waals surface area (Å²) in [5.41, 5.74) is 3.97. The molecule has 2 aromatic carbocycles. The zero-order chi connectivity index (χ0) is 23.1. The molecule has 1 amide bonds. The summed E-state index contributed by atoms with van der Waals surface area (Å²) in [5, 5.41) is 3.29. The van der Waals surface area contributed by atoms with Gasteiger partial charge in [0.2, 0.25) is 0 Å². The molecule has 0 aliphatic carbocycles. The van der Waals surface area contributed by atoms with E-state index in [0.29, 0.717) is 36.6 Å². The Morgan fingerprint density at radius 3 is 2.42 bits per heavy atom. The summed E-state index contributed by atoms with van der Waals surface area (Å²) in [5.74, 6) is -0.125. The molecule has 2 aliphatic heterocycles. The molecule has 0 saturated carbocycles. The number of nitrogens with zero attached hydrogens (tertiary/aromatic N) is 2. The summed E-state index contributed by atoms with van der Waals surface area (Å²) < 4.78 is 1.53. The van der Waals surface area contributed by atoms with Crippen molar-refractivity contribution in [2.45, 2.75) is 32.7 Å². The van der Waals surface area contributed by atoms with Crippen LogP contribution < -0.4 is 16.6 Å². The molecule has 168 valence electrons. The van der Waals surface area contributed by atoms with Crippen LogP contribution >= 0.6 is 0 Å². The second kappa shape index (κ2) is 8.24. The summed E-state index contributed by atoms with van der Waals surface area (Å²) >= 11 is 0. The lowest BCUT2D eigenvalue weighted by Crippen LogP contribution is -2.38. The third-order valence-electron chi connectivity index (χ3n) is 6.51. The number of carbonyl (C=O) groups is 1. The first-order chi connectivity index (χ1) is 16.0. The Morgan fingerprint density at radius 2 is 1.73 bits per heavy atom. The summed E-state index contributed by atoms with van der Waals surface area (Å²) in [7, 11) is 0. The molecule has 5 rings (SSSR count). The van der Waals surface area contributed by atoms with E-state index in [2.05, 4.69) is 22.4 Å². The highest BCUT2D eigenvalue weighted by molar-refractivity contribution is 6.01. The summed E-state index contributed by atoms with van der Waals surface area (Å²) in [4.78, 5) is 43.4. The quantitative estimate of drug-likeness (QED) is 0.636. The highest BCUT2D eigenvalue weighted by Gasteiger charge is 2.42. The molecular formula is C26H26N4O3. The molecular weight excluding hydrogens is 416 g/mol. The molecule has 0 spiro atoms. The Bertz CT molecular complexity index is 1370. The van der Waals surface area contributed by atoms with Crippen molar-refractivity contribution >= 4 is 11.7 Å². The first-order valence-corrected chi connectivity index (χ1v) is 11.2. The van der Waals surface area contributed by atoms with E-state index in [0.717, 1.165) is 28.8 Å². The van der Waals surface area contributed by atoms with Gasteiger partial charge in [0.05, 0.1) is 23.6 Å². The van der Waals surface area contributed by atoms with Crippen molar-refractivity contribution in [3.05, 3.63) is 109 Å². The number of aromatic amines is 1. The van der Waals surface area contributed by atoms with Gasteiger partial charge < -0.3 is 10.2 Å². The fourth-order valence-electron chi connectivity index (χ4n) is 4.81. The molecule has 3 aromatic rings. The van der Waals surface area contributed by atoms with Crippen molar-refractivity contribution in [2.75, 3.05) is 18.4 Å². The third-order valence-corrected chi connectivity index (χ3v) is 6.51. The summed E-state index contributed by atoms with van der Waals surface area (Å²) in [6.07, 6.45) is 0.746. The maximum Gasteiger partial charge on any atom is 0.329 e. The van der Waals surface area contributed by atoms with E-state index in [1.165, 1.54) is 4.57 Å². The lowest BCUT2D eigenvalue weighted by atomic mass is 9.82. The van der Waals surface area contributed by atoms with E-state index in [1.807, 2.05) is 61.2 Å². The second-order valence-corrected chi connectivity index (χ2v) is 8.59. The van der Waals surface area contributed by atoms with E-state index >= 15 is 0 Å². The average molecular weight is 443 g/mol. The van der Waals surface area contributed by atoms with Gasteiger partial charge in [0.1, 0.15) is 5.82 Å². The maximum atomic E-state index is 13.6. The second-order valence-electron chi connectivity index (χ2n) is 8.59. The van der Waals surface area contributed by atoms with Gasteiger partial charge in [0, 0.05) is 18.8 Å². The lowest BCUT2D eigenvalue weighted by Gasteiger charge is -2.28. The molecule has 0 saturated heterocycles. The summed E-state index contributed by atoms with van der Waals surface area (Å²) in [6, 6.07) is 17.9. The molecule has 0 bridgehead atoms. The third kappa shape index (κ3) is 3.59. The van der Waals surface area contributed by atoms with Gasteiger partial charge in [-0.2, -0.15) is 0 Å². The molecule has 7 nitrogen and oxygen atoms in total. The van der Waals surface area contributed by atoms with Gasteiger partial charge in [-0.25, -0.2) is 4.79 Å². The highest BCUT2D eigenvalue weighted by Crippen LogP contribution is 2.43. The minimum Gasteiger partial charge on any atom is -0.343 e. The number of rotatable bonds is 5. The molecule has 1 unspecified atom stereocenters. The van der Waals surface area contributed by atoms with Crippen LogP contribution in [-0.4, -0.2) is 33.4 Å². The van der Waals surface area contributed by atoms with Crippen LogP contribution in [0.2, 0.25) is 0 Å². The van der Waals surface area contributed by atoms with Crippen molar-refractivity contribution in [3.63, 3.8) is 0 Å². The van der Waals surface area contributed by atoms with Gasteiger partial charge in [-0.3, -0.25) is 19.1 Å². The number of carbonyl (C=O) groups excluding carboxylic acids is 1. The van der Waals surface area contributed by atoms with Crippen LogP contribution in [-0.2, 0) is 17.8 Å². The van der Waals surface area contributed by atoms with E-state index in [1.54, 1.807) is 0 Å². The van der Waals surface area contributed by atoms with E-state index in [4.69, 9.17) is 0 Å². The zero-order valence-electron chi connectivity index (χ0n) is 18.7. The van der Waals surface area contributed by atoms with Crippen molar-refractivity contribution in [1.82, 2.24) is 14.5 Å². The van der Waals surface area contributed by atoms with Crippen LogP contribution in [0.3, 0.4) is 0 Å². The van der Waals surface area contributed by atoms with Crippen LogP contribution in [0.5, 0.6) is 0 Å². The SMILES string of the molecule is CCn1c2c(c(=O)[nH]c1=O)C(c1ccc(C)cc1)C1=C(CN(CCc3ccccc3)C1=O)N2. The minimum absolute atomic E-state index is 0.0710. The maximum absolute atomic E-state index is 13.6. The predicted molar refractivity (Wildman–Crippen MR) is 127 cm³/mol. The Morgan fingerprint density at radius 1 is 1.00 bits per heavy atom. The first-order valence-electron chi connectivity index (χ1n) is 11.2. The number of hydrogen-bond donors (Lipinski definition) is 2. The number of amides is 1. The molecule has 2 N–H and O–H groups in total. The fraction of sp³-hybridized carbons (Fsp3) is 0.269.